The highest BCUT2D eigenvalue weighted by atomic mass is 19.1. The van der Waals surface area contributed by atoms with Crippen molar-refractivity contribution in [3.05, 3.63) is 30.1 Å². The lowest BCUT2D eigenvalue weighted by Gasteiger charge is -2.36. The van der Waals surface area contributed by atoms with Crippen molar-refractivity contribution in [2.45, 2.75) is 57.0 Å². The quantitative estimate of drug-likeness (QED) is 0.909. The molecule has 1 aromatic rings. The van der Waals surface area contributed by atoms with Crippen molar-refractivity contribution >= 4 is 5.69 Å². The second-order valence-corrected chi connectivity index (χ2v) is 7.44. The Morgan fingerprint density at radius 1 is 0.909 bits per heavy atom. The Morgan fingerprint density at radius 2 is 1.68 bits per heavy atom. The molecule has 3 aliphatic rings. The standard InChI is InChI=1S/C19H27FN2/c20-15-5-7-17(8-6-15)22-12-10-16(11-13-22)21-19-9-4-14-2-1-3-18(14)19/h5-8,14,16,18-19,21H,1-4,9-13H2. The molecular formula is C19H27FN2. The van der Waals surface area contributed by atoms with Crippen LogP contribution in [0.2, 0.25) is 0 Å². The molecule has 3 heteroatoms. The Kier molecular flexibility index (Phi) is 4.08. The lowest BCUT2D eigenvalue weighted by Crippen LogP contribution is -2.47. The molecule has 1 aliphatic heterocycles. The molecule has 2 aliphatic carbocycles. The van der Waals surface area contributed by atoms with Gasteiger partial charge in [-0.3, -0.25) is 0 Å². The Bertz CT molecular complexity index is 493. The maximum absolute atomic E-state index is 13.0. The normalized spacial score (nSPS) is 32.4. The van der Waals surface area contributed by atoms with E-state index in [4.69, 9.17) is 0 Å². The number of hydrogen-bond donors (Lipinski definition) is 1. The third kappa shape index (κ3) is 2.88. The van der Waals surface area contributed by atoms with Crippen molar-refractivity contribution in [1.29, 1.82) is 0 Å². The minimum absolute atomic E-state index is 0.146. The zero-order valence-corrected chi connectivity index (χ0v) is 13.3. The molecule has 0 bridgehead atoms. The number of rotatable bonds is 3. The highest BCUT2D eigenvalue weighted by Gasteiger charge is 2.39. The van der Waals surface area contributed by atoms with Crippen LogP contribution in [-0.4, -0.2) is 25.2 Å². The number of benzene rings is 1. The first-order valence-corrected chi connectivity index (χ1v) is 9.06. The average Bonchev–Trinajstić information content (AvgIpc) is 3.14. The van der Waals surface area contributed by atoms with E-state index < -0.39 is 0 Å². The Labute approximate surface area is 133 Å². The van der Waals surface area contributed by atoms with Gasteiger partial charge in [0.15, 0.2) is 0 Å². The van der Waals surface area contributed by atoms with Crippen molar-refractivity contribution in [1.82, 2.24) is 5.32 Å². The summed E-state index contributed by atoms with van der Waals surface area (Å²) in [5.74, 6) is 1.85. The largest absolute Gasteiger partial charge is 0.371 e. The van der Waals surface area contributed by atoms with Gasteiger partial charge in [-0.15, -0.1) is 0 Å². The van der Waals surface area contributed by atoms with Crippen molar-refractivity contribution in [3.8, 4) is 0 Å². The summed E-state index contributed by atoms with van der Waals surface area (Å²) in [5.41, 5.74) is 1.16. The number of piperidine rings is 1. The minimum Gasteiger partial charge on any atom is -0.371 e. The number of fused-ring (bicyclic) bond motifs is 1. The fraction of sp³-hybridized carbons (Fsp3) is 0.684. The van der Waals surface area contributed by atoms with Crippen LogP contribution in [0.5, 0.6) is 0 Å². The highest BCUT2D eigenvalue weighted by molar-refractivity contribution is 5.46. The van der Waals surface area contributed by atoms with Gasteiger partial charge in [-0.05, 0) is 68.2 Å². The Morgan fingerprint density at radius 3 is 2.45 bits per heavy atom. The molecule has 4 rings (SSSR count). The molecule has 22 heavy (non-hydrogen) atoms. The van der Waals surface area contributed by atoms with Gasteiger partial charge in [0.25, 0.3) is 0 Å². The lowest BCUT2D eigenvalue weighted by molar-refractivity contribution is 0.305. The fourth-order valence-electron chi connectivity index (χ4n) is 5.03. The summed E-state index contributed by atoms with van der Waals surface area (Å²) in [4.78, 5) is 2.39. The van der Waals surface area contributed by atoms with E-state index >= 15 is 0 Å². The third-order valence-corrected chi connectivity index (χ3v) is 6.22. The van der Waals surface area contributed by atoms with Crippen LogP contribution >= 0.6 is 0 Å². The number of nitrogens with zero attached hydrogens (tertiary/aromatic N) is 1. The smallest absolute Gasteiger partial charge is 0.123 e. The zero-order valence-electron chi connectivity index (χ0n) is 13.3. The first-order chi connectivity index (χ1) is 10.8. The number of halogens is 1. The summed E-state index contributed by atoms with van der Waals surface area (Å²) < 4.78 is 13.0. The molecule has 2 nitrogen and oxygen atoms in total. The van der Waals surface area contributed by atoms with Crippen LogP contribution in [-0.2, 0) is 0 Å². The predicted octanol–water partition coefficient (Wildman–Crippen LogP) is 3.96. The maximum atomic E-state index is 13.0. The molecule has 1 saturated heterocycles. The monoisotopic (exact) mass is 302 g/mol. The second kappa shape index (κ2) is 6.19. The average molecular weight is 302 g/mol. The number of hydrogen-bond acceptors (Lipinski definition) is 2. The number of nitrogens with one attached hydrogen (secondary N) is 1. The zero-order chi connectivity index (χ0) is 14.9. The van der Waals surface area contributed by atoms with Crippen LogP contribution < -0.4 is 10.2 Å². The maximum Gasteiger partial charge on any atom is 0.123 e. The van der Waals surface area contributed by atoms with Gasteiger partial charge < -0.3 is 10.2 Å². The molecule has 0 spiro atoms. The van der Waals surface area contributed by atoms with E-state index in [0.717, 1.165) is 36.7 Å². The summed E-state index contributed by atoms with van der Waals surface area (Å²) in [6.07, 6.45) is 9.67. The summed E-state index contributed by atoms with van der Waals surface area (Å²) in [6, 6.07) is 8.42. The predicted molar refractivity (Wildman–Crippen MR) is 88.6 cm³/mol. The van der Waals surface area contributed by atoms with E-state index in [0.29, 0.717) is 6.04 Å². The molecule has 2 saturated carbocycles. The molecule has 3 atom stereocenters. The Hall–Kier alpha value is -1.09. The van der Waals surface area contributed by atoms with Gasteiger partial charge in [0.05, 0.1) is 0 Å². The van der Waals surface area contributed by atoms with Crippen molar-refractivity contribution in [3.63, 3.8) is 0 Å². The summed E-state index contributed by atoms with van der Waals surface area (Å²) in [7, 11) is 0. The molecule has 1 heterocycles. The van der Waals surface area contributed by atoms with Crippen molar-refractivity contribution in [2.24, 2.45) is 11.8 Å². The molecule has 0 amide bonds. The molecule has 3 unspecified atom stereocenters. The van der Waals surface area contributed by atoms with Gasteiger partial charge in [-0.2, -0.15) is 0 Å². The van der Waals surface area contributed by atoms with Crippen LogP contribution in [0.25, 0.3) is 0 Å². The van der Waals surface area contributed by atoms with Gasteiger partial charge >= 0.3 is 0 Å². The third-order valence-electron chi connectivity index (χ3n) is 6.22. The van der Waals surface area contributed by atoms with Crippen LogP contribution in [0, 0.1) is 17.7 Å². The van der Waals surface area contributed by atoms with Crippen molar-refractivity contribution in [2.75, 3.05) is 18.0 Å². The fourth-order valence-corrected chi connectivity index (χ4v) is 5.03. The van der Waals surface area contributed by atoms with Crippen molar-refractivity contribution < 1.29 is 4.39 Å². The molecule has 0 aromatic heterocycles. The molecule has 1 N–H and O–H groups in total. The van der Waals surface area contributed by atoms with Gasteiger partial charge in [-0.25, -0.2) is 4.39 Å². The van der Waals surface area contributed by atoms with Crippen LogP contribution in [0.1, 0.15) is 44.9 Å². The van der Waals surface area contributed by atoms with Crippen LogP contribution in [0.15, 0.2) is 24.3 Å². The van der Waals surface area contributed by atoms with E-state index in [2.05, 4.69) is 10.2 Å². The second-order valence-electron chi connectivity index (χ2n) is 7.44. The van der Waals surface area contributed by atoms with Crippen LogP contribution in [0.3, 0.4) is 0 Å². The molecule has 120 valence electrons. The van der Waals surface area contributed by atoms with Gasteiger partial charge in [-0.1, -0.05) is 12.8 Å². The topological polar surface area (TPSA) is 15.3 Å². The molecule has 1 aromatic carbocycles. The van der Waals surface area contributed by atoms with Gasteiger partial charge in [0, 0.05) is 30.9 Å². The number of anilines is 1. The lowest BCUT2D eigenvalue weighted by atomic mass is 9.95. The first-order valence-electron chi connectivity index (χ1n) is 9.06. The molecular weight excluding hydrogens is 275 g/mol. The SMILES string of the molecule is Fc1ccc(N2CCC(NC3CCC4CCCC43)CC2)cc1. The van der Waals surface area contributed by atoms with Gasteiger partial charge in [0.1, 0.15) is 5.82 Å². The Balaban J connectivity index is 1.29. The minimum atomic E-state index is -0.146. The van der Waals surface area contributed by atoms with Gasteiger partial charge in [0.2, 0.25) is 0 Å². The summed E-state index contributed by atoms with van der Waals surface area (Å²) in [6.45, 7) is 2.17. The highest BCUT2D eigenvalue weighted by Crippen LogP contribution is 2.44. The summed E-state index contributed by atoms with van der Waals surface area (Å²) in [5, 5.41) is 3.98. The van der Waals surface area contributed by atoms with E-state index in [1.54, 1.807) is 12.1 Å². The molecule has 0 radical (unpaired) electrons. The van der Waals surface area contributed by atoms with Crippen LogP contribution in [0.4, 0.5) is 10.1 Å². The van der Waals surface area contributed by atoms with E-state index in [9.17, 15) is 4.39 Å². The molecule has 3 fully saturated rings. The first kappa shape index (κ1) is 14.5. The summed E-state index contributed by atoms with van der Waals surface area (Å²) >= 11 is 0. The van der Waals surface area contributed by atoms with E-state index in [1.807, 2.05) is 12.1 Å². The van der Waals surface area contributed by atoms with E-state index in [1.165, 1.54) is 44.9 Å². The van der Waals surface area contributed by atoms with E-state index in [-0.39, 0.29) is 5.82 Å².